The van der Waals surface area contributed by atoms with Crippen LogP contribution in [0.25, 0.3) is 0 Å². The Morgan fingerprint density at radius 2 is 2.22 bits per heavy atom. The minimum Gasteiger partial charge on any atom is -0.384 e. The van der Waals surface area contributed by atoms with E-state index in [1.54, 1.807) is 0 Å². The van der Waals surface area contributed by atoms with Crippen LogP contribution in [-0.2, 0) is 23.0 Å². The van der Waals surface area contributed by atoms with Gasteiger partial charge in [-0.2, -0.15) is 13.2 Å². The smallest absolute Gasteiger partial charge is 0.384 e. The van der Waals surface area contributed by atoms with Crippen molar-refractivity contribution in [3.63, 3.8) is 0 Å². The second kappa shape index (κ2) is 4.92. The van der Waals surface area contributed by atoms with Gasteiger partial charge in [-0.05, 0) is 31.4 Å². The number of carbonyl (C=O) groups is 2. The van der Waals surface area contributed by atoms with E-state index in [4.69, 9.17) is 0 Å². The normalized spacial score (nSPS) is 27.1. The summed E-state index contributed by atoms with van der Waals surface area (Å²) in [6.07, 6.45) is -4.01. The summed E-state index contributed by atoms with van der Waals surface area (Å²) < 4.78 is 40.0. The average molecular weight is 329 g/mol. The molecule has 1 aliphatic heterocycles. The molecule has 1 aromatic rings. The van der Waals surface area contributed by atoms with Gasteiger partial charge in [-0.1, -0.05) is 0 Å². The van der Waals surface area contributed by atoms with Gasteiger partial charge in [-0.25, -0.2) is 9.78 Å². The molecule has 3 rings (SSSR count). The molecule has 2 heterocycles. The lowest BCUT2D eigenvalue weighted by Gasteiger charge is -2.23. The number of aromatic nitrogens is 1. The van der Waals surface area contributed by atoms with Crippen molar-refractivity contribution in [1.82, 2.24) is 10.3 Å². The molecule has 0 aromatic carbocycles. The van der Waals surface area contributed by atoms with Crippen LogP contribution in [0.4, 0.5) is 23.8 Å². The molecule has 23 heavy (non-hydrogen) atoms. The predicted octanol–water partition coefficient (Wildman–Crippen LogP) is 1.35. The Hall–Kier alpha value is -2.16. The molecular formula is C14H14F3N3O3. The molecular weight excluding hydrogens is 315 g/mol. The molecule has 6 nitrogen and oxygen atoms in total. The van der Waals surface area contributed by atoms with E-state index in [9.17, 15) is 27.9 Å². The van der Waals surface area contributed by atoms with Gasteiger partial charge < -0.3 is 15.2 Å². The number of anilines is 1. The Bertz CT molecular complexity index is 688. The highest BCUT2D eigenvalue weighted by Crippen LogP contribution is 2.44. The second-order valence-corrected chi connectivity index (χ2v) is 5.89. The van der Waals surface area contributed by atoms with Crippen LogP contribution in [0.3, 0.4) is 0 Å². The van der Waals surface area contributed by atoms with Crippen LogP contribution in [0.15, 0.2) is 6.07 Å². The molecule has 2 N–H and O–H groups in total. The highest BCUT2D eigenvalue weighted by Gasteiger charge is 2.44. The van der Waals surface area contributed by atoms with Gasteiger partial charge in [0.1, 0.15) is 23.7 Å². The van der Waals surface area contributed by atoms with E-state index in [1.807, 2.05) is 0 Å². The fourth-order valence-corrected chi connectivity index (χ4v) is 3.02. The number of amides is 2. The Morgan fingerprint density at radius 1 is 1.52 bits per heavy atom. The van der Waals surface area contributed by atoms with Crippen LogP contribution < -0.4 is 10.2 Å². The van der Waals surface area contributed by atoms with Crippen LogP contribution >= 0.6 is 0 Å². The quantitative estimate of drug-likeness (QED) is 0.803. The van der Waals surface area contributed by atoms with Gasteiger partial charge >= 0.3 is 12.2 Å². The van der Waals surface area contributed by atoms with Crippen molar-refractivity contribution in [2.45, 2.75) is 37.6 Å². The monoisotopic (exact) mass is 329 g/mol. The third kappa shape index (κ3) is 2.44. The minimum absolute atomic E-state index is 0.00115. The van der Waals surface area contributed by atoms with E-state index in [2.05, 4.69) is 10.3 Å². The topological polar surface area (TPSA) is 82.5 Å². The Labute approximate surface area is 129 Å². The first-order valence-electron chi connectivity index (χ1n) is 7.01. The van der Waals surface area contributed by atoms with E-state index >= 15 is 0 Å². The van der Waals surface area contributed by atoms with Gasteiger partial charge in [0.25, 0.3) is 0 Å². The lowest BCUT2D eigenvalue weighted by atomic mass is 10.0. The number of carbonyl (C=O) groups excluding carboxylic acids is 2. The predicted molar refractivity (Wildman–Crippen MR) is 72.9 cm³/mol. The number of aldehydes is 1. The van der Waals surface area contributed by atoms with E-state index in [-0.39, 0.29) is 36.5 Å². The van der Waals surface area contributed by atoms with Gasteiger partial charge in [0.05, 0.1) is 11.3 Å². The van der Waals surface area contributed by atoms with E-state index < -0.39 is 29.4 Å². The zero-order valence-electron chi connectivity index (χ0n) is 12.1. The average Bonchev–Trinajstić information content (AvgIpc) is 2.97. The molecule has 9 heteroatoms. The number of fused-ring (bicyclic) bond motifs is 1. The van der Waals surface area contributed by atoms with Crippen molar-refractivity contribution in [2.75, 3.05) is 11.4 Å². The number of halogens is 3. The number of nitrogens with zero attached hydrogens (tertiary/aromatic N) is 2. The molecule has 0 radical (unpaired) electrons. The summed E-state index contributed by atoms with van der Waals surface area (Å²) >= 11 is 0. The summed E-state index contributed by atoms with van der Waals surface area (Å²) in [5, 5.41) is 12.7. The summed E-state index contributed by atoms with van der Waals surface area (Å²) in [4.78, 5) is 27.8. The molecule has 0 spiro atoms. The summed E-state index contributed by atoms with van der Waals surface area (Å²) in [7, 11) is 0. The molecule has 2 aliphatic rings. The zero-order valence-corrected chi connectivity index (χ0v) is 12.1. The van der Waals surface area contributed by atoms with E-state index in [0.29, 0.717) is 6.29 Å². The Morgan fingerprint density at radius 3 is 2.83 bits per heavy atom. The SMILES string of the molecule is CC1(O)CCc2c(C(F)(F)F)cc(N3C(=O)NCC3C=O)nc21. The van der Waals surface area contributed by atoms with Crippen molar-refractivity contribution in [3.8, 4) is 0 Å². The number of hydrogen-bond donors (Lipinski definition) is 2. The number of pyridine rings is 1. The first-order chi connectivity index (χ1) is 10.6. The van der Waals surface area contributed by atoms with Crippen LogP contribution in [0.2, 0.25) is 0 Å². The maximum Gasteiger partial charge on any atom is 0.416 e. The van der Waals surface area contributed by atoms with Crippen molar-refractivity contribution in [3.05, 3.63) is 22.9 Å². The third-order valence-electron chi connectivity index (χ3n) is 4.20. The van der Waals surface area contributed by atoms with Crippen LogP contribution in [-0.4, -0.2) is 35.0 Å². The fourth-order valence-electron chi connectivity index (χ4n) is 3.02. The van der Waals surface area contributed by atoms with Crippen molar-refractivity contribution >= 4 is 18.1 Å². The molecule has 1 fully saturated rings. The van der Waals surface area contributed by atoms with Crippen LogP contribution in [0, 0.1) is 0 Å². The largest absolute Gasteiger partial charge is 0.416 e. The number of alkyl halides is 3. The lowest BCUT2D eigenvalue weighted by Crippen LogP contribution is -2.36. The highest BCUT2D eigenvalue weighted by atomic mass is 19.4. The number of hydrogen-bond acceptors (Lipinski definition) is 4. The molecule has 2 unspecified atom stereocenters. The molecule has 2 amide bonds. The van der Waals surface area contributed by atoms with E-state index in [1.165, 1.54) is 6.92 Å². The molecule has 1 saturated heterocycles. The van der Waals surface area contributed by atoms with Crippen LogP contribution in [0.5, 0.6) is 0 Å². The minimum atomic E-state index is -4.64. The molecule has 124 valence electrons. The van der Waals surface area contributed by atoms with E-state index in [0.717, 1.165) is 11.0 Å². The van der Waals surface area contributed by atoms with Gasteiger partial charge in [0, 0.05) is 6.54 Å². The fraction of sp³-hybridized carbons (Fsp3) is 0.500. The van der Waals surface area contributed by atoms with Gasteiger partial charge in [0.2, 0.25) is 0 Å². The summed E-state index contributed by atoms with van der Waals surface area (Å²) in [6.45, 7) is 1.38. The van der Waals surface area contributed by atoms with Crippen molar-refractivity contribution in [1.29, 1.82) is 0 Å². The first kappa shape index (κ1) is 15.7. The molecule has 2 atom stereocenters. The third-order valence-corrected chi connectivity index (χ3v) is 4.20. The Kier molecular flexibility index (Phi) is 3.36. The molecule has 1 aromatic heterocycles. The molecule has 0 bridgehead atoms. The number of aliphatic hydroxyl groups is 1. The number of urea groups is 1. The molecule has 1 aliphatic carbocycles. The number of rotatable bonds is 2. The standard InChI is InChI=1S/C14H14F3N3O3/c1-13(23)3-2-8-9(14(15,16)17)4-10(19-11(8)13)20-7(6-21)5-18-12(20)22/h4,6-7,23H,2-3,5H2,1H3,(H,18,22). The van der Waals surface area contributed by atoms with Gasteiger partial charge in [-0.15, -0.1) is 0 Å². The summed E-state index contributed by atoms with van der Waals surface area (Å²) in [5.41, 5.74) is -2.59. The zero-order chi connectivity index (χ0) is 17.0. The summed E-state index contributed by atoms with van der Waals surface area (Å²) in [6, 6.07) is -0.859. The highest BCUT2D eigenvalue weighted by molar-refractivity contribution is 5.98. The number of nitrogens with one attached hydrogen (secondary N) is 1. The van der Waals surface area contributed by atoms with Gasteiger partial charge in [-0.3, -0.25) is 4.90 Å². The maximum atomic E-state index is 13.3. The van der Waals surface area contributed by atoms with Crippen LogP contribution in [0.1, 0.15) is 30.2 Å². The maximum absolute atomic E-state index is 13.3. The second-order valence-electron chi connectivity index (χ2n) is 5.89. The first-order valence-corrected chi connectivity index (χ1v) is 7.01. The summed E-state index contributed by atoms with van der Waals surface area (Å²) in [5.74, 6) is -0.287. The van der Waals surface area contributed by atoms with Crippen molar-refractivity contribution < 1.29 is 27.9 Å². The lowest BCUT2D eigenvalue weighted by molar-refractivity contribution is -0.138. The Balaban J connectivity index is 2.20. The van der Waals surface area contributed by atoms with Crippen molar-refractivity contribution in [2.24, 2.45) is 0 Å². The van der Waals surface area contributed by atoms with Gasteiger partial charge in [0.15, 0.2) is 0 Å². The molecule has 0 saturated carbocycles.